The van der Waals surface area contributed by atoms with E-state index in [1.165, 1.54) is 19.3 Å². The number of urea groups is 1. The minimum Gasteiger partial charge on any atom is -0.455 e. The van der Waals surface area contributed by atoms with E-state index in [0.29, 0.717) is 37.0 Å². The lowest BCUT2D eigenvalue weighted by Gasteiger charge is -2.33. The quantitative estimate of drug-likeness (QED) is 0.550. The van der Waals surface area contributed by atoms with Crippen LogP contribution >= 0.6 is 0 Å². The Labute approximate surface area is 164 Å². The number of fused-ring (bicyclic) bond motifs is 2. The van der Waals surface area contributed by atoms with Crippen molar-refractivity contribution in [2.45, 2.75) is 70.3 Å². The Morgan fingerprint density at radius 1 is 1.18 bits per heavy atom. The van der Waals surface area contributed by atoms with E-state index in [4.69, 9.17) is 4.74 Å². The number of carbonyl (C=O) groups excluding carboxylic acids is 4. The van der Waals surface area contributed by atoms with Gasteiger partial charge in [0.25, 0.3) is 11.8 Å². The summed E-state index contributed by atoms with van der Waals surface area (Å²) in [7, 11) is 0. The molecule has 8 nitrogen and oxygen atoms in total. The third kappa shape index (κ3) is 3.61. The predicted octanol–water partition coefficient (Wildman–Crippen LogP) is 1.89. The lowest BCUT2D eigenvalue weighted by Crippen LogP contribution is -2.52. The molecule has 8 heteroatoms. The van der Waals surface area contributed by atoms with Gasteiger partial charge >= 0.3 is 12.0 Å². The van der Waals surface area contributed by atoms with Crippen LogP contribution in [0.4, 0.5) is 4.79 Å². The Balaban J connectivity index is 1.24. The lowest BCUT2D eigenvalue weighted by atomic mass is 9.77. The van der Waals surface area contributed by atoms with E-state index in [1.54, 1.807) is 0 Å². The molecule has 3 saturated carbocycles. The third-order valence-electron chi connectivity index (χ3n) is 7.20. The molecule has 4 amide bonds. The smallest absolute Gasteiger partial charge is 0.344 e. The molecule has 4 fully saturated rings. The Morgan fingerprint density at radius 2 is 1.93 bits per heavy atom. The summed E-state index contributed by atoms with van der Waals surface area (Å²) < 4.78 is 5.08. The maximum absolute atomic E-state index is 12.7. The van der Waals surface area contributed by atoms with Crippen molar-refractivity contribution in [3.05, 3.63) is 0 Å². The predicted molar refractivity (Wildman–Crippen MR) is 98.4 cm³/mol. The van der Waals surface area contributed by atoms with Gasteiger partial charge in [-0.15, -0.1) is 0 Å². The number of hydrogen-bond donors (Lipinski definition) is 2. The highest BCUT2D eigenvalue weighted by atomic mass is 16.5. The number of nitrogens with one attached hydrogen (secondary N) is 2. The molecule has 3 aliphatic carbocycles. The van der Waals surface area contributed by atoms with E-state index < -0.39 is 30.0 Å². The van der Waals surface area contributed by atoms with Crippen molar-refractivity contribution in [2.24, 2.45) is 23.7 Å². The van der Waals surface area contributed by atoms with Crippen LogP contribution in [0.1, 0.15) is 64.7 Å². The van der Waals surface area contributed by atoms with E-state index >= 15 is 0 Å². The topological polar surface area (TPSA) is 105 Å². The minimum absolute atomic E-state index is 0.346. The summed E-state index contributed by atoms with van der Waals surface area (Å²) in [5.41, 5.74) is 1.39. The van der Waals surface area contributed by atoms with Crippen molar-refractivity contribution in [3.8, 4) is 0 Å². The van der Waals surface area contributed by atoms with Crippen molar-refractivity contribution in [1.82, 2.24) is 15.8 Å². The molecule has 154 valence electrons. The number of imide groups is 1. The van der Waals surface area contributed by atoms with Crippen molar-refractivity contribution in [2.75, 3.05) is 6.61 Å². The van der Waals surface area contributed by atoms with Crippen LogP contribution in [0.5, 0.6) is 0 Å². The van der Waals surface area contributed by atoms with Crippen LogP contribution in [0.2, 0.25) is 0 Å². The monoisotopic (exact) mass is 391 g/mol. The first-order valence-corrected chi connectivity index (χ1v) is 10.5. The number of ether oxygens (including phenoxy) is 1. The third-order valence-corrected chi connectivity index (χ3v) is 7.20. The average molecular weight is 391 g/mol. The summed E-state index contributed by atoms with van der Waals surface area (Å²) in [4.78, 5) is 49.1. The van der Waals surface area contributed by atoms with Crippen LogP contribution < -0.4 is 10.7 Å². The first kappa shape index (κ1) is 19.2. The van der Waals surface area contributed by atoms with Crippen LogP contribution in [-0.2, 0) is 19.1 Å². The number of amides is 4. The van der Waals surface area contributed by atoms with Gasteiger partial charge in [-0.05, 0) is 68.6 Å². The standard InChI is InChI=1S/C20H29N3O5/c1-12-4-6-20(7-5-12)18(26)23(19(27)21-20)22-16(24)11-28-17(25)10-15-9-13-2-3-14(15)8-13/h12-15H,2-11H2,1H3,(H,21,27)(H,22,24)/t12?,13-,14+,15+,20?/m0/s1. The fourth-order valence-corrected chi connectivity index (χ4v) is 5.52. The summed E-state index contributed by atoms with van der Waals surface area (Å²) in [6, 6.07) is -0.624. The molecule has 1 spiro atoms. The highest BCUT2D eigenvalue weighted by molar-refractivity contribution is 6.08. The number of rotatable bonds is 5. The van der Waals surface area contributed by atoms with Gasteiger partial charge in [-0.3, -0.25) is 19.8 Å². The molecular formula is C20H29N3O5. The zero-order valence-electron chi connectivity index (χ0n) is 16.4. The number of hydrazine groups is 1. The normalized spacial score (nSPS) is 36.7. The van der Waals surface area contributed by atoms with Crippen molar-refractivity contribution < 1.29 is 23.9 Å². The van der Waals surface area contributed by atoms with Crippen LogP contribution in [0.25, 0.3) is 0 Å². The van der Waals surface area contributed by atoms with Gasteiger partial charge in [-0.25, -0.2) is 4.79 Å². The highest BCUT2D eigenvalue weighted by Crippen LogP contribution is 2.49. The van der Waals surface area contributed by atoms with Gasteiger partial charge in [0.1, 0.15) is 5.54 Å². The fourth-order valence-electron chi connectivity index (χ4n) is 5.52. The average Bonchev–Trinajstić information content (AvgIpc) is 3.33. The number of esters is 1. The molecule has 0 radical (unpaired) electrons. The molecule has 0 unspecified atom stereocenters. The largest absolute Gasteiger partial charge is 0.455 e. The minimum atomic E-state index is -0.907. The van der Waals surface area contributed by atoms with Gasteiger partial charge in [0.2, 0.25) is 0 Å². The number of nitrogens with zero attached hydrogens (tertiary/aromatic N) is 1. The van der Waals surface area contributed by atoms with Gasteiger partial charge in [-0.2, -0.15) is 5.01 Å². The molecule has 1 aliphatic heterocycles. The molecule has 2 N–H and O–H groups in total. The summed E-state index contributed by atoms with van der Waals surface area (Å²) in [6.45, 7) is 1.64. The van der Waals surface area contributed by atoms with Crippen molar-refractivity contribution >= 4 is 23.8 Å². The maximum Gasteiger partial charge on any atom is 0.344 e. The van der Waals surface area contributed by atoms with Crippen LogP contribution in [-0.4, -0.2) is 41.0 Å². The van der Waals surface area contributed by atoms with Gasteiger partial charge in [-0.1, -0.05) is 13.3 Å². The van der Waals surface area contributed by atoms with Crippen LogP contribution in [0.3, 0.4) is 0 Å². The summed E-state index contributed by atoms with van der Waals surface area (Å²) in [6.07, 6.45) is 7.95. The summed E-state index contributed by atoms with van der Waals surface area (Å²) >= 11 is 0. The number of hydrogen-bond acceptors (Lipinski definition) is 5. The van der Waals surface area contributed by atoms with Gasteiger partial charge in [0, 0.05) is 6.42 Å². The first-order chi connectivity index (χ1) is 13.4. The Bertz CT molecular complexity index is 685. The SMILES string of the molecule is CC1CCC2(CC1)NC(=O)N(NC(=O)COC(=O)C[C@H]1C[C@H]3CC[C@@H]1C3)C2=O. The lowest BCUT2D eigenvalue weighted by molar-refractivity contribution is -0.151. The maximum atomic E-state index is 12.7. The molecule has 1 heterocycles. The molecule has 0 aromatic rings. The van der Waals surface area contributed by atoms with E-state index in [-0.39, 0.29) is 5.97 Å². The molecule has 0 aromatic heterocycles. The zero-order valence-corrected chi connectivity index (χ0v) is 16.4. The van der Waals surface area contributed by atoms with Crippen LogP contribution in [0.15, 0.2) is 0 Å². The van der Waals surface area contributed by atoms with E-state index in [1.807, 2.05) is 0 Å². The summed E-state index contributed by atoms with van der Waals surface area (Å²) in [5, 5.41) is 3.48. The molecular weight excluding hydrogens is 362 g/mol. The van der Waals surface area contributed by atoms with Crippen molar-refractivity contribution in [3.63, 3.8) is 0 Å². The highest BCUT2D eigenvalue weighted by Gasteiger charge is 2.53. The Morgan fingerprint density at radius 3 is 2.57 bits per heavy atom. The fraction of sp³-hybridized carbons (Fsp3) is 0.800. The van der Waals surface area contributed by atoms with Crippen molar-refractivity contribution in [1.29, 1.82) is 0 Å². The molecule has 4 rings (SSSR count). The van der Waals surface area contributed by atoms with E-state index in [0.717, 1.165) is 30.2 Å². The first-order valence-electron chi connectivity index (χ1n) is 10.5. The molecule has 28 heavy (non-hydrogen) atoms. The van der Waals surface area contributed by atoms with E-state index in [2.05, 4.69) is 17.7 Å². The zero-order chi connectivity index (χ0) is 19.9. The second-order valence-electron chi connectivity index (χ2n) is 9.17. The van der Waals surface area contributed by atoms with E-state index in [9.17, 15) is 19.2 Å². The Hall–Kier alpha value is -2.12. The van der Waals surface area contributed by atoms with Gasteiger partial charge in [0.15, 0.2) is 6.61 Å². The number of carbonyl (C=O) groups is 4. The van der Waals surface area contributed by atoms with Gasteiger partial charge in [0.05, 0.1) is 0 Å². The molecule has 3 atom stereocenters. The second-order valence-corrected chi connectivity index (χ2v) is 9.17. The molecule has 1 saturated heterocycles. The second kappa shape index (κ2) is 7.37. The van der Waals surface area contributed by atoms with Gasteiger partial charge < -0.3 is 10.1 Å². The molecule has 2 bridgehead atoms. The summed E-state index contributed by atoms with van der Waals surface area (Å²) in [5.74, 6) is 0.773. The molecule has 4 aliphatic rings. The molecule has 0 aromatic carbocycles. The Kier molecular flexibility index (Phi) is 5.05. The van der Waals surface area contributed by atoms with Crippen LogP contribution in [0, 0.1) is 23.7 Å².